The summed E-state index contributed by atoms with van der Waals surface area (Å²) >= 11 is 6.01. The molecule has 2 amide bonds. The van der Waals surface area contributed by atoms with Gasteiger partial charge in [-0.15, -0.1) is 0 Å². The van der Waals surface area contributed by atoms with Gasteiger partial charge in [-0.05, 0) is 66.6 Å². The quantitative estimate of drug-likeness (QED) is 0.670. The Morgan fingerprint density at radius 3 is 2.55 bits per heavy atom. The van der Waals surface area contributed by atoms with Crippen molar-refractivity contribution in [2.24, 2.45) is 5.92 Å². The van der Waals surface area contributed by atoms with Crippen LogP contribution in [0.15, 0.2) is 41.3 Å². The zero-order valence-electron chi connectivity index (χ0n) is 19.0. The van der Waals surface area contributed by atoms with Crippen LogP contribution in [0.4, 0.5) is 0 Å². The Bertz CT molecular complexity index is 1170. The largest absolute Gasteiger partial charge is 0.338 e. The van der Waals surface area contributed by atoms with Crippen LogP contribution in [0.5, 0.6) is 0 Å². The molecule has 0 aromatic heterocycles. The summed E-state index contributed by atoms with van der Waals surface area (Å²) < 4.78 is 28.6. The molecule has 0 saturated carbocycles. The van der Waals surface area contributed by atoms with E-state index in [4.69, 9.17) is 11.6 Å². The Labute approximate surface area is 200 Å². The molecule has 0 bridgehead atoms. The lowest BCUT2D eigenvalue weighted by Crippen LogP contribution is -2.55. The van der Waals surface area contributed by atoms with Crippen molar-refractivity contribution in [3.63, 3.8) is 0 Å². The average Bonchev–Trinajstić information content (AvgIpc) is 3.26. The predicted molar refractivity (Wildman–Crippen MR) is 128 cm³/mol. The van der Waals surface area contributed by atoms with Gasteiger partial charge in [0.05, 0.1) is 11.4 Å². The molecule has 33 heavy (non-hydrogen) atoms. The summed E-state index contributed by atoms with van der Waals surface area (Å²) in [6.07, 6.45) is 3.00. The number of hydrogen-bond donors (Lipinski definition) is 1. The van der Waals surface area contributed by atoms with E-state index in [1.54, 1.807) is 30.3 Å². The SMILES string of the molecule is CC(C)C1CCCN1C(=O)CN1CCC[C@H](NS(=O)(=O)c2ccc3cc(Cl)ccc3c2)C1=O. The Morgan fingerprint density at radius 2 is 1.79 bits per heavy atom. The fourth-order valence-corrected chi connectivity index (χ4v) is 6.31. The third kappa shape index (κ3) is 5.18. The third-order valence-corrected chi connectivity index (χ3v) is 8.33. The molecule has 7 nitrogen and oxygen atoms in total. The van der Waals surface area contributed by atoms with E-state index >= 15 is 0 Å². The lowest BCUT2D eigenvalue weighted by molar-refractivity contribution is -0.143. The summed E-state index contributed by atoms with van der Waals surface area (Å²) in [7, 11) is -3.91. The van der Waals surface area contributed by atoms with Gasteiger partial charge in [-0.25, -0.2) is 8.42 Å². The highest BCUT2D eigenvalue weighted by molar-refractivity contribution is 7.89. The fraction of sp³-hybridized carbons (Fsp3) is 0.500. The maximum absolute atomic E-state index is 13.1. The van der Waals surface area contributed by atoms with Crippen LogP contribution in [0.3, 0.4) is 0 Å². The Morgan fingerprint density at radius 1 is 1.09 bits per heavy atom. The van der Waals surface area contributed by atoms with Gasteiger partial charge in [0.25, 0.3) is 0 Å². The molecule has 1 unspecified atom stereocenters. The number of carbonyl (C=O) groups is 2. The number of halogens is 1. The second-order valence-corrected chi connectivity index (χ2v) is 11.4. The highest BCUT2D eigenvalue weighted by Crippen LogP contribution is 2.25. The second kappa shape index (κ2) is 9.60. The molecule has 0 aliphatic carbocycles. The van der Waals surface area contributed by atoms with E-state index in [2.05, 4.69) is 18.6 Å². The first-order chi connectivity index (χ1) is 15.7. The number of piperidine rings is 1. The Kier molecular flexibility index (Phi) is 6.98. The zero-order valence-corrected chi connectivity index (χ0v) is 20.5. The number of fused-ring (bicyclic) bond motifs is 1. The molecule has 2 aliphatic heterocycles. The molecule has 2 atom stereocenters. The maximum Gasteiger partial charge on any atom is 0.242 e. The molecule has 178 valence electrons. The molecule has 1 N–H and O–H groups in total. The van der Waals surface area contributed by atoms with Gasteiger partial charge >= 0.3 is 0 Å². The molecule has 4 rings (SSSR count). The minimum absolute atomic E-state index is 0.00296. The minimum Gasteiger partial charge on any atom is -0.338 e. The number of amides is 2. The molecule has 2 aromatic carbocycles. The van der Waals surface area contributed by atoms with Crippen molar-refractivity contribution in [1.82, 2.24) is 14.5 Å². The van der Waals surface area contributed by atoms with Crippen LogP contribution >= 0.6 is 11.6 Å². The van der Waals surface area contributed by atoms with E-state index in [9.17, 15) is 18.0 Å². The van der Waals surface area contributed by atoms with Crippen molar-refractivity contribution in [2.45, 2.75) is 56.5 Å². The monoisotopic (exact) mass is 491 g/mol. The van der Waals surface area contributed by atoms with Crippen LogP contribution in [0.2, 0.25) is 5.02 Å². The van der Waals surface area contributed by atoms with Gasteiger partial charge in [0.15, 0.2) is 0 Å². The summed E-state index contributed by atoms with van der Waals surface area (Å²) in [5.41, 5.74) is 0. The molecule has 0 radical (unpaired) electrons. The molecular weight excluding hydrogens is 462 g/mol. The normalized spacial score (nSPS) is 21.9. The number of rotatable bonds is 6. The van der Waals surface area contributed by atoms with Gasteiger partial charge in [0.2, 0.25) is 21.8 Å². The highest BCUT2D eigenvalue weighted by atomic mass is 35.5. The van der Waals surface area contributed by atoms with E-state index < -0.39 is 16.1 Å². The molecule has 2 heterocycles. The van der Waals surface area contributed by atoms with Crippen molar-refractivity contribution < 1.29 is 18.0 Å². The van der Waals surface area contributed by atoms with E-state index in [0.29, 0.717) is 36.9 Å². The summed E-state index contributed by atoms with van der Waals surface area (Å²) in [6.45, 7) is 5.38. The van der Waals surface area contributed by atoms with Gasteiger partial charge < -0.3 is 9.80 Å². The zero-order chi connectivity index (χ0) is 23.8. The average molecular weight is 492 g/mol. The lowest BCUT2D eigenvalue weighted by Gasteiger charge is -2.34. The summed E-state index contributed by atoms with van der Waals surface area (Å²) in [5, 5.41) is 2.16. The fourth-order valence-electron chi connectivity index (χ4n) is 4.87. The van der Waals surface area contributed by atoms with Gasteiger partial charge in [-0.1, -0.05) is 37.6 Å². The number of hydrogen-bond acceptors (Lipinski definition) is 4. The number of likely N-dealkylation sites (tertiary alicyclic amines) is 2. The number of sulfonamides is 1. The first-order valence-corrected chi connectivity index (χ1v) is 13.3. The predicted octanol–water partition coefficient (Wildman–Crippen LogP) is 3.41. The van der Waals surface area contributed by atoms with Crippen LogP contribution in [-0.4, -0.2) is 61.7 Å². The van der Waals surface area contributed by atoms with Crippen molar-refractivity contribution in [3.05, 3.63) is 41.4 Å². The molecule has 2 aromatic rings. The number of nitrogens with zero attached hydrogens (tertiary/aromatic N) is 2. The standard InChI is InChI=1S/C24H30ClN3O4S/c1-16(2)22-6-4-12-28(22)23(29)15-27-11-3-5-21(24(27)30)26-33(31,32)20-10-8-17-13-19(25)9-7-18(17)14-20/h7-10,13-14,16,21-22,26H,3-6,11-12,15H2,1-2H3/t21-,22?/m0/s1. The van der Waals surface area contributed by atoms with Crippen molar-refractivity contribution >= 4 is 44.2 Å². The molecular formula is C24H30ClN3O4S. The van der Waals surface area contributed by atoms with E-state index in [-0.39, 0.29) is 29.3 Å². The Hall–Kier alpha value is -2.16. The minimum atomic E-state index is -3.91. The van der Waals surface area contributed by atoms with E-state index in [1.165, 1.54) is 11.0 Å². The first-order valence-electron chi connectivity index (χ1n) is 11.5. The smallest absolute Gasteiger partial charge is 0.242 e. The van der Waals surface area contributed by atoms with Gasteiger partial charge in [-0.3, -0.25) is 9.59 Å². The molecule has 2 aliphatic rings. The van der Waals surface area contributed by atoms with Crippen molar-refractivity contribution in [1.29, 1.82) is 0 Å². The number of benzene rings is 2. The second-order valence-electron chi connectivity index (χ2n) is 9.27. The van der Waals surface area contributed by atoms with Crippen molar-refractivity contribution in [3.8, 4) is 0 Å². The number of nitrogens with one attached hydrogen (secondary N) is 1. The van der Waals surface area contributed by atoms with Gasteiger partial charge in [0, 0.05) is 24.2 Å². The van der Waals surface area contributed by atoms with Gasteiger partial charge in [-0.2, -0.15) is 4.72 Å². The first kappa shape index (κ1) is 24.0. The maximum atomic E-state index is 13.1. The highest BCUT2D eigenvalue weighted by Gasteiger charge is 2.36. The number of carbonyl (C=O) groups excluding carboxylic acids is 2. The molecule has 2 fully saturated rings. The summed E-state index contributed by atoms with van der Waals surface area (Å²) in [6, 6.07) is 9.34. The van der Waals surface area contributed by atoms with Gasteiger partial charge in [0.1, 0.15) is 6.04 Å². The lowest BCUT2D eigenvalue weighted by atomic mass is 10.0. The summed E-state index contributed by atoms with van der Waals surface area (Å²) in [4.78, 5) is 29.5. The van der Waals surface area contributed by atoms with Crippen LogP contribution < -0.4 is 4.72 Å². The molecule has 0 spiro atoms. The molecule has 2 saturated heterocycles. The van der Waals surface area contributed by atoms with E-state index in [0.717, 1.165) is 23.6 Å². The molecule has 9 heteroatoms. The Balaban J connectivity index is 1.45. The van der Waals surface area contributed by atoms with Crippen LogP contribution in [-0.2, 0) is 19.6 Å². The van der Waals surface area contributed by atoms with E-state index in [1.807, 2.05) is 4.90 Å². The topological polar surface area (TPSA) is 86.8 Å². The summed E-state index contributed by atoms with van der Waals surface area (Å²) in [5.74, 6) is -0.0340. The van der Waals surface area contributed by atoms with Crippen LogP contribution in [0.25, 0.3) is 10.8 Å². The third-order valence-electron chi connectivity index (χ3n) is 6.63. The van der Waals surface area contributed by atoms with Crippen LogP contribution in [0, 0.1) is 5.92 Å². The van der Waals surface area contributed by atoms with Crippen LogP contribution in [0.1, 0.15) is 39.5 Å². The van der Waals surface area contributed by atoms with Crippen molar-refractivity contribution in [2.75, 3.05) is 19.6 Å².